The standard InChI is InChI=1S/C10H13NO4S2/c12-10(13)7-17(14,15)11-5-1-3-8(11)9-4-2-6-16-9/h2,4,6,8H,1,3,5,7H2,(H,12,13). The van der Waals surface area contributed by atoms with E-state index in [4.69, 9.17) is 5.11 Å². The molecule has 1 aromatic heterocycles. The first-order chi connectivity index (χ1) is 8.00. The van der Waals surface area contributed by atoms with Crippen LogP contribution in [-0.2, 0) is 14.8 Å². The minimum atomic E-state index is -3.69. The maximum absolute atomic E-state index is 11.9. The van der Waals surface area contributed by atoms with Gasteiger partial charge >= 0.3 is 5.97 Å². The molecule has 0 radical (unpaired) electrons. The van der Waals surface area contributed by atoms with Gasteiger partial charge in [0.25, 0.3) is 0 Å². The first-order valence-corrected chi connectivity index (χ1v) is 7.74. The summed E-state index contributed by atoms with van der Waals surface area (Å²) < 4.78 is 25.1. The molecule has 2 heterocycles. The summed E-state index contributed by atoms with van der Waals surface area (Å²) in [5, 5.41) is 10.5. The molecule has 0 aromatic carbocycles. The number of rotatable bonds is 4. The molecule has 1 aliphatic rings. The van der Waals surface area contributed by atoms with E-state index in [0.29, 0.717) is 6.54 Å². The topological polar surface area (TPSA) is 74.7 Å². The Balaban J connectivity index is 2.23. The van der Waals surface area contributed by atoms with E-state index in [-0.39, 0.29) is 6.04 Å². The van der Waals surface area contributed by atoms with E-state index >= 15 is 0 Å². The molecule has 0 bridgehead atoms. The second kappa shape index (κ2) is 4.75. The van der Waals surface area contributed by atoms with Gasteiger partial charge in [0.05, 0.1) is 6.04 Å². The third-order valence-corrected chi connectivity index (χ3v) is 5.48. The third kappa shape index (κ3) is 2.67. The molecule has 1 fully saturated rings. The van der Waals surface area contributed by atoms with Gasteiger partial charge in [-0.2, -0.15) is 4.31 Å². The Kier molecular flexibility index (Phi) is 3.50. The van der Waals surface area contributed by atoms with Gasteiger partial charge < -0.3 is 5.11 Å². The van der Waals surface area contributed by atoms with Crippen molar-refractivity contribution in [3.05, 3.63) is 22.4 Å². The van der Waals surface area contributed by atoms with Crippen LogP contribution in [0.2, 0.25) is 0 Å². The highest BCUT2D eigenvalue weighted by Crippen LogP contribution is 2.36. The molecule has 0 amide bonds. The van der Waals surface area contributed by atoms with Crippen molar-refractivity contribution in [3.63, 3.8) is 0 Å². The summed E-state index contributed by atoms with van der Waals surface area (Å²) in [5.74, 6) is -2.13. The molecule has 17 heavy (non-hydrogen) atoms. The number of aliphatic carboxylic acids is 1. The SMILES string of the molecule is O=C(O)CS(=O)(=O)N1CCCC1c1cccs1. The van der Waals surface area contributed by atoms with Gasteiger partial charge in [-0.3, -0.25) is 4.79 Å². The van der Waals surface area contributed by atoms with Crippen LogP contribution in [0.3, 0.4) is 0 Å². The van der Waals surface area contributed by atoms with Gasteiger partial charge in [-0.05, 0) is 24.3 Å². The van der Waals surface area contributed by atoms with Gasteiger partial charge in [-0.25, -0.2) is 8.42 Å². The molecule has 5 nitrogen and oxygen atoms in total. The molecule has 0 spiro atoms. The Morgan fingerprint density at radius 1 is 1.59 bits per heavy atom. The molecule has 1 aromatic rings. The normalized spacial score (nSPS) is 21.8. The molecule has 2 rings (SSSR count). The lowest BCUT2D eigenvalue weighted by atomic mass is 10.2. The average molecular weight is 275 g/mol. The summed E-state index contributed by atoms with van der Waals surface area (Å²) in [6.07, 6.45) is 1.54. The summed E-state index contributed by atoms with van der Waals surface area (Å²) in [5.41, 5.74) is 0. The zero-order chi connectivity index (χ0) is 12.5. The van der Waals surface area contributed by atoms with Gasteiger partial charge in [-0.15, -0.1) is 11.3 Å². The van der Waals surface area contributed by atoms with Gasteiger partial charge in [-0.1, -0.05) is 6.07 Å². The fraction of sp³-hybridized carbons (Fsp3) is 0.500. The molecule has 94 valence electrons. The molecule has 1 saturated heterocycles. The minimum absolute atomic E-state index is 0.181. The Morgan fingerprint density at radius 3 is 2.94 bits per heavy atom. The van der Waals surface area contributed by atoms with Crippen LogP contribution in [0.1, 0.15) is 23.8 Å². The van der Waals surface area contributed by atoms with Crippen molar-refractivity contribution in [1.82, 2.24) is 4.31 Å². The summed E-state index contributed by atoms with van der Waals surface area (Å²) in [6, 6.07) is 3.59. The largest absolute Gasteiger partial charge is 0.480 e. The van der Waals surface area contributed by atoms with Crippen LogP contribution >= 0.6 is 11.3 Å². The van der Waals surface area contributed by atoms with Crippen molar-refractivity contribution in [2.45, 2.75) is 18.9 Å². The number of hydrogen-bond donors (Lipinski definition) is 1. The maximum atomic E-state index is 11.9. The Labute approximate surface area is 104 Å². The lowest BCUT2D eigenvalue weighted by Gasteiger charge is -2.22. The molecule has 1 aliphatic heterocycles. The zero-order valence-electron chi connectivity index (χ0n) is 9.07. The van der Waals surface area contributed by atoms with Gasteiger partial charge in [0, 0.05) is 11.4 Å². The van der Waals surface area contributed by atoms with Crippen molar-refractivity contribution >= 4 is 27.3 Å². The van der Waals surface area contributed by atoms with Gasteiger partial charge in [0.1, 0.15) is 0 Å². The van der Waals surface area contributed by atoms with E-state index in [1.165, 1.54) is 15.6 Å². The summed E-state index contributed by atoms with van der Waals surface area (Å²) in [7, 11) is -3.69. The summed E-state index contributed by atoms with van der Waals surface area (Å²) in [4.78, 5) is 11.5. The van der Waals surface area contributed by atoms with Crippen molar-refractivity contribution in [2.24, 2.45) is 0 Å². The number of thiophene rings is 1. The summed E-state index contributed by atoms with van der Waals surface area (Å²) >= 11 is 1.51. The second-order valence-electron chi connectivity index (χ2n) is 3.93. The predicted octanol–water partition coefficient (Wildman–Crippen LogP) is 1.30. The third-order valence-electron chi connectivity index (χ3n) is 2.74. The van der Waals surface area contributed by atoms with E-state index in [2.05, 4.69) is 0 Å². The fourth-order valence-electron chi connectivity index (χ4n) is 2.08. The van der Waals surface area contributed by atoms with Crippen LogP contribution in [0.5, 0.6) is 0 Å². The quantitative estimate of drug-likeness (QED) is 0.898. The molecule has 0 saturated carbocycles. The van der Waals surface area contributed by atoms with Crippen LogP contribution in [0.15, 0.2) is 17.5 Å². The highest BCUT2D eigenvalue weighted by Gasteiger charge is 2.36. The number of hydrogen-bond acceptors (Lipinski definition) is 4. The molecular formula is C10H13NO4S2. The Morgan fingerprint density at radius 2 is 2.35 bits per heavy atom. The molecule has 7 heteroatoms. The van der Waals surface area contributed by atoms with E-state index in [9.17, 15) is 13.2 Å². The smallest absolute Gasteiger partial charge is 0.320 e. The fourth-order valence-corrected chi connectivity index (χ4v) is 4.51. The Bertz CT molecular complexity index is 494. The molecule has 1 unspecified atom stereocenters. The highest BCUT2D eigenvalue weighted by atomic mass is 32.2. The molecule has 1 N–H and O–H groups in total. The van der Waals surface area contributed by atoms with Crippen molar-refractivity contribution in [1.29, 1.82) is 0 Å². The van der Waals surface area contributed by atoms with Crippen LogP contribution in [-0.4, -0.2) is 36.1 Å². The Hall–Kier alpha value is -0.920. The van der Waals surface area contributed by atoms with Crippen molar-refractivity contribution < 1.29 is 18.3 Å². The monoisotopic (exact) mass is 275 g/mol. The van der Waals surface area contributed by atoms with Crippen molar-refractivity contribution in [3.8, 4) is 0 Å². The van der Waals surface area contributed by atoms with E-state index in [1.807, 2.05) is 17.5 Å². The van der Waals surface area contributed by atoms with Crippen LogP contribution in [0.4, 0.5) is 0 Å². The van der Waals surface area contributed by atoms with E-state index < -0.39 is 21.7 Å². The highest BCUT2D eigenvalue weighted by molar-refractivity contribution is 7.89. The van der Waals surface area contributed by atoms with Gasteiger partial charge in [0.2, 0.25) is 10.0 Å². The molecule has 1 atom stereocenters. The van der Waals surface area contributed by atoms with Crippen molar-refractivity contribution in [2.75, 3.05) is 12.3 Å². The first-order valence-electron chi connectivity index (χ1n) is 5.25. The van der Waals surface area contributed by atoms with Gasteiger partial charge in [0.15, 0.2) is 5.75 Å². The molecular weight excluding hydrogens is 262 g/mol. The number of carboxylic acids is 1. The number of nitrogens with zero attached hydrogens (tertiary/aromatic N) is 1. The zero-order valence-corrected chi connectivity index (χ0v) is 10.7. The summed E-state index contributed by atoms with van der Waals surface area (Å²) in [6.45, 7) is 0.415. The molecule has 0 aliphatic carbocycles. The first kappa shape index (κ1) is 12.5. The lowest BCUT2D eigenvalue weighted by molar-refractivity contribution is -0.134. The van der Waals surface area contributed by atoms with Crippen LogP contribution < -0.4 is 0 Å². The number of carbonyl (C=O) groups is 1. The second-order valence-corrected chi connectivity index (χ2v) is 6.83. The predicted molar refractivity (Wildman–Crippen MR) is 64.4 cm³/mol. The number of sulfonamides is 1. The maximum Gasteiger partial charge on any atom is 0.320 e. The van der Waals surface area contributed by atoms with Crippen LogP contribution in [0.25, 0.3) is 0 Å². The average Bonchev–Trinajstić information content (AvgIpc) is 2.86. The minimum Gasteiger partial charge on any atom is -0.480 e. The van der Waals surface area contributed by atoms with Crippen LogP contribution in [0, 0.1) is 0 Å². The van der Waals surface area contributed by atoms with E-state index in [1.54, 1.807) is 0 Å². The lowest BCUT2D eigenvalue weighted by Crippen LogP contribution is -2.34. The number of carboxylic acid groups (broad SMARTS) is 1. The van der Waals surface area contributed by atoms with E-state index in [0.717, 1.165) is 17.7 Å².